The van der Waals surface area contributed by atoms with Gasteiger partial charge in [-0.15, -0.1) is 0 Å². The first-order valence-electron chi connectivity index (χ1n) is 7.83. The van der Waals surface area contributed by atoms with E-state index in [1.807, 2.05) is 24.3 Å². The molecule has 20 heavy (non-hydrogen) atoms. The highest BCUT2D eigenvalue weighted by atomic mass is 16.4. The standard InChI is InChI=1S/C17H22N2O/c18-15-4-2-1-3-14(15)17(19-20)16-12-6-10-5-11(8-12)9-13(16)7-10/h1-4,10-13,16,20H,5-9,18H2/b19-17-. The first-order valence-corrected chi connectivity index (χ1v) is 7.83. The normalized spacial score (nSPS) is 39.2. The van der Waals surface area contributed by atoms with Crippen molar-refractivity contribution in [1.82, 2.24) is 0 Å². The molecular formula is C17H22N2O. The van der Waals surface area contributed by atoms with Crippen LogP contribution in [0.15, 0.2) is 29.4 Å². The van der Waals surface area contributed by atoms with E-state index < -0.39 is 0 Å². The molecule has 1 aromatic carbocycles. The molecule has 106 valence electrons. The topological polar surface area (TPSA) is 58.6 Å². The Morgan fingerprint density at radius 3 is 2.15 bits per heavy atom. The lowest BCUT2D eigenvalue weighted by atomic mass is 9.50. The zero-order chi connectivity index (χ0) is 13.7. The Bertz CT molecular complexity index is 524. The third-order valence-electron chi connectivity index (χ3n) is 5.89. The number of hydrogen-bond donors (Lipinski definition) is 2. The summed E-state index contributed by atoms with van der Waals surface area (Å²) in [6.07, 6.45) is 6.73. The summed E-state index contributed by atoms with van der Waals surface area (Å²) in [6, 6.07) is 7.81. The zero-order valence-corrected chi connectivity index (χ0v) is 11.7. The molecule has 0 atom stereocenters. The summed E-state index contributed by atoms with van der Waals surface area (Å²) < 4.78 is 0. The molecule has 0 unspecified atom stereocenters. The van der Waals surface area contributed by atoms with Crippen LogP contribution in [0.1, 0.15) is 37.7 Å². The van der Waals surface area contributed by atoms with Crippen LogP contribution in [0.3, 0.4) is 0 Å². The highest BCUT2D eigenvalue weighted by Gasteiger charge is 2.50. The molecule has 4 aliphatic rings. The molecule has 0 saturated heterocycles. The van der Waals surface area contributed by atoms with E-state index in [1.54, 1.807) is 0 Å². The molecule has 3 nitrogen and oxygen atoms in total. The second kappa shape index (κ2) is 4.51. The number of nitrogens with zero attached hydrogens (tertiary/aromatic N) is 1. The second-order valence-electron chi connectivity index (χ2n) is 7.03. The monoisotopic (exact) mass is 270 g/mol. The fourth-order valence-corrected chi connectivity index (χ4v) is 5.40. The van der Waals surface area contributed by atoms with E-state index in [4.69, 9.17) is 5.73 Å². The van der Waals surface area contributed by atoms with Gasteiger partial charge < -0.3 is 10.9 Å². The Labute approximate surface area is 119 Å². The molecule has 4 saturated carbocycles. The lowest BCUT2D eigenvalue weighted by Gasteiger charge is -2.54. The van der Waals surface area contributed by atoms with Gasteiger partial charge in [-0.3, -0.25) is 0 Å². The fraction of sp³-hybridized carbons (Fsp3) is 0.588. The van der Waals surface area contributed by atoms with Crippen molar-refractivity contribution in [2.24, 2.45) is 34.7 Å². The number of anilines is 1. The van der Waals surface area contributed by atoms with Gasteiger partial charge in [-0.1, -0.05) is 23.4 Å². The summed E-state index contributed by atoms with van der Waals surface area (Å²) >= 11 is 0. The van der Waals surface area contributed by atoms with Crippen LogP contribution in [-0.2, 0) is 0 Å². The molecule has 1 aromatic rings. The van der Waals surface area contributed by atoms with Gasteiger partial charge in [-0.2, -0.15) is 0 Å². The number of oxime groups is 1. The van der Waals surface area contributed by atoms with Crippen LogP contribution in [0.4, 0.5) is 5.69 Å². The van der Waals surface area contributed by atoms with E-state index in [9.17, 15) is 5.21 Å². The number of benzene rings is 1. The average molecular weight is 270 g/mol. The van der Waals surface area contributed by atoms with Gasteiger partial charge in [0.2, 0.25) is 0 Å². The maximum Gasteiger partial charge on any atom is 0.0924 e. The molecule has 0 aromatic heterocycles. The molecule has 0 aliphatic heterocycles. The average Bonchev–Trinajstić information content (AvgIpc) is 2.43. The van der Waals surface area contributed by atoms with Gasteiger partial charge in [0.1, 0.15) is 0 Å². The molecule has 0 heterocycles. The predicted molar refractivity (Wildman–Crippen MR) is 79.7 cm³/mol. The van der Waals surface area contributed by atoms with E-state index in [0.717, 1.165) is 28.8 Å². The third kappa shape index (κ3) is 1.75. The van der Waals surface area contributed by atoms with Gasteiger partial charge in [0.25, 0.3) is 0 Å². The number of rotatable bonds is 2. The smallest absolute Gasteiger partial charge is 0.0924 e. The van der Waals surface area contributed by atoms with Crippen LogP contribution < -0.4 is 5.73 Å². The Morgan fingerprint density at radius 2 is 1.60 bits per heavy atom. The first-order chi connectivity index (χ1) is 9.76. The third-order valence-corrected chi connectivity index (χ3v) is 5.89. The van der Waals surface area contributed by atoms with Crippen LogP contribution in [0, 0.1) is 29.6 Å². The lowest BCUT2D eigenvalue weighted by molar-refractivity contribution is -0.00895. The number of para-hydroxylation sites is 1. The summed E-state index contributed by atoms with van der Waals surface area (Å²) in [6.45, 7) is 0. The van der Waals surface area contributed by atoms with Crippen molar-refractivity contribution in [3.05, 3.63) is 29.8 Å². The quantitative estimate of drug-likeness (QED) is 0.374. The molecule has 0 amide bonds. The molecule has 0 spiro atoms. The van der Waals surface area contributed by atoms with E-state index in [0.29, 0.717) is 17.8 Å². The SMILES string of the molecule is Nc1ccccc1/C(=N/O)C1C2CC3CC(C2)CC1C3. The predicted octanol–water partition coefficient (Wildman–Crippen LogP) is 3.52. The van der Waals surface area contributed by atoms with Gasteiger partial charge in [-0.25, -0.2) is 0 Å². The molecule has 3 heteroatoms. The molecule has 4 bridgehead atoms. The minimum absolute atomic E-state index is 0.414. The van der Waals surface area contributed by atoms with Crippen LogP contribution in [0.25, 0.3) is 0 Å². The van der Waals surface area contributed by atoms with Crippen molar-refractivity contribution in [3.8, 4) is 0 Å². The second-order valence-corrected chi connectivity index (χ2v) is 7.03. The van der Waals surface area contributed by atoms with Crippen LogP contribution in [-0.4, -0.2) is 10.9 Å². The molecule has 4 aliphatic carbocycles. The maximum atomic E-state index is 9.62. The van der Waals surface area contributed by atoms with Crippen molar-refractivity contribution < 1.29 is 5.21 Å². The van der Waals surface area contributed by atoms with Crippen molar-refractivity contribution in [2.75, 3.05) is 5.73 Å². The number of hydrogen-bond acceptors (Lipinski definition) is 3. The van der Waals surface area contributed by atoms with Crippen molar-refractivity contribution in [3.63, 3.8) is 0 Å². The highest BCUT2D eigenvalue weighted by molar-refractivity contribution is 6.06. The Balaban J connectivity index is 1.71. The van der Waals surface area contributed by atoms with Crippen LogP contribution >= 0.6 is 0 Å². The molecule has 5 rings (SSSR count). The summed E-state index contributed by atoms with van der Waals surface area (Å²) in [5.74, 6) is 3.69. The molecule has 4 fully saturated rings. The Kier molecular flexibility index (Phi) is 2.76. The minimum atomic E-state index is 0.414. The van der Waals surface area contributed by atoms with Gasteiger partial charge in [0.15, 0.2) is 0 Å². The summed E-state index contributed by atoms with van der Waals surface area (Å²) in [5.41, 5.74) is 8.61. The fourth-order valence-electron chi connectivity index (χ4n) is 5.40. The van der Waals surface area contributed by atoms with Gasteiger partial charge in [-0.05, 0) is 61.8 Å². The summed E-state index contributed by atoms with van der Waals surface area (Å²) in [7, 11) is 0. The molecule has 0 radical (unpaired) electrons. The zero-order valence-electron chi connectivity index (χ0n) is 11.7. The maximum absolute atomic E-state index is 9.62. The van der Waals surface area contributed by atoms with E-state index in [-0.39, 0.29) is 0 Å². The lowest BCUT2D eigenvalue weighted by Crippen LogP contribution is -2.48. The van der Waals surface area contributed by atoms with Crippen LogP contribution in [0.2, 0.25) is 0 Å². The summed E-state index contributed by atoms with van der Waals surface area (Å²) in [4.78, 5) is 0. The Morgan fingerprint density at radius 1 is 1.00 bits per heavy atom. The number of nitrogens with two attached hydrogens (primary N) is 1. The minimum Gasteiger partial charge on any atom is -0.411 e. The van der Waals surface area contributed by atoms with Gasteiger partial charge >= 0.3 is 0 Å². The van der Waals surface area contributed by atoms with Crippen LogP contribution in [0.5, 0.6) is 0 Å². The highest BCUT2D eigenvalue weighted by Crippen LogP contribution is 2.57. The Hall–Kier alpha value is -1.51. The van der Waals surface area contributed by atoms with Crippen molar-refractivity contribution in [2.45, 2.75) is 32.1 Å². The van der Waals surface area contributed by atoms with Crippen molar-refractivity contribution in [1.29, 1.82) is 0 Å². The molecular weight excluding hydrogens is 248 g/mol. The van der Waals surface area contributed by atoms with Gasteiger partial charge in [0.05, 0.1) is 5.71 Å². The largest absolute Gasteiger partial charge is 0.411 e. The van der Waals surface area contributed by atoms with Gasteiger partial charge in [0, 0.05) is 17.2 Å². The summed E-state index contributed by atoms with van der Waals surface area (Å²) in [5, 5.41) is 13.3. The van der Waals surface area contributed by atoms with E-state index >= 15 is 0 Å². The number of nitrogen functional groups attached to an aromatic ring is 1. The first kappa shape index (κ1) is 12.2. The van der Waals surface area contributed by atoms with Crippen molar-refractivity contribution >= 4 is 11.4 Å². The molecule has 3 N–H and O–H groups in total. The van der Waals surface area contributed by atoms with E-state index in [2.05, 4.69) is 5.16 Å². The van der Waals surface area contributed by atoms with E-state index in [1.165, 1.54) is 32.1 Å².